The Hall–Kier alpha value is 0.150. The summed E-state index contributed by atoms with van der Waals surface area (Å²) in [5.41, 5.74) is -1.16. The van der Waals surface area contributed by atoms with Gasteiger partial charge in [-0.25, -0.2) is 0 Å². The van der Waals surface area contributed by atoms with Gasteiger partial charge in [-0.05, 0) is 6.42 Å². The zero-order valence-electron chi connectivity index (χ0n) is 19.8. The van der Waals surface area contributed by atoms with Crippen molar-refractivity contribution < 1.29 is 35.1 Å². The van der Waals surface area contributed by atoms with Crippen LogP contribution < -0.4 is 0 Å². The number of unbranched alkanes of at least 4 members (excludes halogenated alkanes) is 15. The first-order chi connectivity index (χ1) is 14.9. The van der Waals surface area contributed by atoms with E-state index in [-0.39, 0.29) is 19.8 Å². The van der Waals surface area contributed by atoms with E-state index in [0.29, 0.717) is 6.42 Å². The van der Waals surface area contributed by atoms with Crippen LogP contribution in [0.2, 0.25) is 0 Å². The van der Waals surface area contributed by atoms with Gasteiger partial charge in [0.1, 0.15) is 0 Å². The van der Waals surface area contributed by atoms with Crippen molar-refractivity contribution in [3.8, 4) is 0 Å². The predicted octanol–water partition coefficient (Wildman–Crippen LogP) is 4.15. The van der Waals surface area contributed by atoms with Crippen LogP contribution in [0, 0.1) is 5.41 Å². The highest BCUT2D eigenvalue weighted by Crippen LogP contribution is 2.25. The minimum Gasteiger partial charge on any atom is -0.396 e. The highest BCUT2D eigenvalue weighted by Gasteiger charge is 2.35. The fraction of sp³-hybridized carbons (Fsp3) is 1.00. The first kappa shape index (κ1) is 33.3. The summed E-state index contributed by atoms with van der Waals surface area (Å²) in [6.45, 7) is 1.10. The predicted molar refractivity (Wildman–Crippen MR) is 127 cm³/mol. The molecular formula is C23H51O7P. The molecule has 0 radical (unpaired) electrons. The van der Waals surface area contributed by atoms with Gasteiger partial charge in [-0.2, -0.15) is 0 Å². The molecule has 8 heteroatoms. The number of hydrogen-bond acceptors (Lipinski definition) is 7. The summed E-state index contributed by atoms with van der Waals surface area (Å²) in [5.74, 6) is 0. The third-order valence-corrected chi connectivity index (χ3v) is 5.98. The van der Waals surface area contributed by atoms with Crippen LogP contribution in [0.5, 0.6) is 0 Å². The van der Waals surface area contributed by atoms with Crippen LogP contribution in [0.15, 0.2) is 0 Å². The molecule has 0 aliphatic heterocycles. The topological polar surface area (TPSA) is 142 Å². The quantitative estimate of drug-likeness (QED) is 0.0986. The third kappa shape index (κ3) is 21.7. The van der Waals surface area contributed by atoms with E-state index in [0.717, 1.165) is 12.8 Å². The average molecular weight is 471 g/mol. The van der Waals surface area contributed by atoms with Gasteiger partial charge in [0.25, 0.3) is 0 Å². The van der Waals surface area contributed by atoms with Gasteiger partial charge < -0.3 is 35.1 Å². The van der Waals surface area contributed by atoms with Crippen molar-refractivity contribution in [3.05, 3.63) is 0 Å². The number of rotatable bonds is 21. The van der Waals surface area contributed by atoms with Crippen LogP contribution >= 0.6 is 8.60 Å². The van der Waals surface area contributed by atoms with Crippen LogP contribution in [0.25, 0.3) is 0 Å². The van der Waals surface area contributed by atoms with Crippen molar-refractivity contribution in [2.45, 2.75) is 122 Å². The van der Waals surface area contributed by atoms with Gasteiger partial charge in [-0.15, -0.1) is 0 Å². The maximum absolute atomic E-state index is 10.1. The van der Waals surface area contributed by atoms with Gasteiger partial charge in [0.05, 0.1) is 31.3 Å². The van der Waals surface area contributed by atoms with Crippen molar-refractivity contribution in [1.82, 2.24) is 0 Å². The Labute approximate surface area is 191 Å². The largest absolute Gasteiger partial charge is 0.396 e. The Kier molecular flexibility index (Phi) is 26.6. The third-order valence-electron chi connectivity index (χ3n) is 5.98. The molecule has 0 bridgehead atoms. The summed E-state index contributed by atoms with van der Waals surface area (Å²) < 4.78 is 0. The highest BCUT2D eigenvalue weighted by atomic mass is 31.2. The Bertz CT molecular complexity index is 331. The maximum atomic E-state index is 10.1. The molecule has 7 nitrogen and oxygen atoms in total. The maximum Gasteiger partial charge on any atom is 0.324 e. The zero-order chi connectivity index (χ0) is 23.8. The van der Waals surface area contributed by atoms with Gasteiger partial charge in [0.2, 0.25) is 0 Å². The minimum absolute atomic E-state index is 0.389. The van der Waals surface area contributed by atoms with E-state index in [1.165, 1.54) is 89.9 Å². The van der Waals surface area contributed by atoms with E-state index >= 15 is 0 Å². The molecule has 0 heterocycles. The van der Waals surface area contributed by atoms with Gasteiger partial charge in [0, 0.05) is 0 Å². The van der Waals surface area contributed by atoms with E-state index in [4.69, 9.17) is 14.7 Å². The molecule has 0 aliphatic rings. The molecule has 190 valence electrons. The van der Waals surface area contributed by atoms with Gasteiger partial charge in [-0.1, -0.05) is 110 Å². The molecule has 0 spiro atoms. The lowest BCUT2D eigenvalue weighted by atomic mass is 9.82. The first-order valence-electron chi connectivity index (χ1n) is 12.3. The zero-order valence-corrected chi connectivity index (χ0v) is 20.7. The lowest BCUT2D eigenvalue weighted by molar-refractivity contribution is -0.0863. The molecule has 0 aliphatic carbocycles. The van der Waals surface area contributed by atoms with Gasteiger partial charge in [0.15, 0.2) is 0 Å². The van der Waals surface area contributed by atoms with Gasteiger partial charge in [-0.3, -0.25) is 0 Å². The molecule has 1 atom stereocenters. The Morgan fingerprint density at radius 3 is 1.06 bits per heavy atom. The van der Waals surface area contributed by atoms with Gasteiger partial charge >= 0.3 is 8.60 Å². The first-order valence-corrected chi connectivity index (χ1v) is 13.5. The number of aliphatic hydroxyl groups is 4. The molecule has 0 saturated heterocycles. The second-order valence-electron chi connectivity index (χ2n) is 8.71. The summed E-state index contributed by atoms with van der Waals surface area (Å²) in [4.78, 5) is 21.7. The van der Waals surface area contributed by atoms with Crippen LogP contribution in [0.3, 0.4) is 0 Å². The van der Waals surface area contributed by atoms with Crippen molar-refractivity contribution in [3.63, 3.8) is 0 Å². The molecule has 0 fully saturated rings. The number of hydrogen-bond donors (Lipinski definition) is 7. The Balaban J connectivity index is 0. The second-order valence-corrected chi connectivity index (χ2v) is 9.25. The summed E-state index contributed by atoms with van der Waals surface area (Å²) >= 11 is 0. The molecule has 0 rings (SSSR count). The van der Waals surface area contributed by atoms with E-state index in [1.807, 2.05) is 0 Å². The summed E-state index contributed by atoms with van der Waals surface area (Å²) in [7, 11) is -2.62. The summed E-state index contributed by atoms with van der Waals surface area (Å²) in [6.07, 6.45) is 20.6. The normalized spacial score (nSPS) is 12.7. The van der Waals surface area contributed by atoms with Crippen LogP contribution in [0.4, 0.5) is 0 Å². The summed E-state index contributed by atoms with van der Waals surface area (Å²) in [6, 6.07) is 0. The van der Waals surface area contributed by atoms with E-state index in [2.05, 4.69) is 6.92 Å². The molecule has 0 saturated carbocycles. The average Bonchev–Trinajstić information content (AvgIpc) is 2.74. The van der Waals surface area contributed by atoms with Crippen molar-refractivity contribution in [2.24, 2.45) is 5.41 Å². The highest BCUT2D eigenvalue weighted by molar-refractivity contribution is 7.38. The van der Waals surface area contributed by atoms with Crippen LogP contribution in [0.1, 0.15) is 116 Å². The van der Waals surface area contributed by atoms with Crippen molar-refractivity contribution in [1.29, 1.82) is 0 Å². The second kappa shape index (κ2) is 24.8. The Morgan fingerprint density at radius 2 is 0.806 bits per heavy atom. The van der Waals surface area contributed by atoms with Crippen LogP contribution in [-0.4, -0.2) is 61.0 Å². The smallest absolute Gasteiger partial charge is 0.324 e. The molecule has 0 amide bonds. The lowest BCUT2D eigenvalue weighted by Gasteiger charge is -2.32. The molecule has 31 heavy (non-hydrogen) atoms. The Morgan fingerprint density at radius 1 is 0.548 bits per heavy atom. The van der Waals surface area contributed by atoms with Crippen molar-refractivity contribution >= 4 is 8.60 Å². The fourth-order valence-electron chi connectivity index (χ4n) is 3.66. The summed E-state index contributed by atoms with van der Waals surface area (Å²) in [5, 5.41) is 38.0. The number of aliphatic hydroxyl groups excluding tert-OH is 4. The fourth-order valence-corrected chi connectivity index (χ4v) is 3.66. The minimum atomic E-state index is -2.62. The molecular weight excluding hydrogens is 419 g/mol. The molecule has 1 unspecified atom stereocenters. The molecule has 0 aromatic rings. The molecule has 0 aromatic carbocycles. The van der Waals surface area contributed by atoms with Crippen LogP contribution in [-0.2, 0) is 0 Å². The molecule has 0 aromatic heterocycles. The van der Waals surface area contributed by atoms with Crippen molar-refractivity contribution in [2.75, 3.05) is 19.8 Å². The van der Waals surface area contributed by atoms with E-state index in [9.17, 15) is 20.4 Å². The lowest BCUT2D eigenvalue weighted by Crippen LogP contribution is -2.45. The standard InChI is InChI=1S/C23H48O4.H3O3P/c1-2-3-4-5-6-7-8-9-10-11-12-13-14-15-16-17-18-22(27)23(19-24,20-25)21-26;1-4(2)3/h22,24-27H,2-21H2,1H3;1-3H. The molecule has 7 N–H and O–H groups in total. The van der Waals surface area contributed by atoms with E-state index in [1.54, 1.807) is 0 Å². The monoisotopic (exact) mass is 470 g/mol. The van der Waals surface area contributed by atoms with E-state index < -0.39 is 20.1 Å². The SMILES string of the molecule is CCCCCCCCCCCCCCCCCCC(O)C(CO)(CO)CO.OP(O)O.